The van der Waals surface area contributed by atoms with E-state index in [4.69, 9.17) is 10.5 Å². The van der Waals surface area contributed by atoms with Gasteiger partial charge in [-0.1, -0.05) is 13.8 Å². The van der Waals surface area contributed by atoms with Crippen molar-refractivity contribution in [2.24, 2.45) is 5.73 Å². The normalized spacial score (nSPS) is 12.1. The Morgan fingerprint density at radius 1 is 1.26 bits per heavy atom. The van der Waals surface area contributed by atoms with E-state index in [1.165, 1.54) is 0 Å². The van der Waals surface area contributed by atoms with Gasteiger partial charge in [-0.25, -0.2) is 14.8 Å². The zero-order valence-electron chi connectivity index (χ0n) is 12.2. The average molecular weight is 266 g/mol. The van der Waals surface area contributed by atoms with Crippen LogP contribution in [-0.4, -0.2) is 28.2 Å². The Labute approximate surface area is 113 Å². The summed E-state index contributed by atoms with van der Waals surface area (Å²) in [5.41, 5.74) is 5.86. The lowest BCUT2D eigenvalue weighted by atomic mass is 9.87. The molecule has 0 aliphatic heterocycles. The minimum absolute atomic E-state index is 0.190. The van der Waals surface area contributed by atoms with Crippen LogP contribution in [-0.2, 0) is 10.2 Å². The van der Waals surface area contributed by atoms with Crippen molar-refractivity contribution in [1.82, 2.24) is 9.97 Å². The average Bonchev–Trinajstić information content (AvgIpc) is 2.27. The molecular weight excluding hydrogens is 244 g/mol. The first-order chi connectivity index (χ1) is 8.64. The second-order valence-corrected chi connectivity index (χ2v) is 6.01. The van der Waals surface area contributed by atoms with Crippen molar-refractivity contribution in [2.45, 2.75) is 45.6 Å². The Morgan fingerprint density at radius 2 is 1.79 bits per heavy atom. The SMILES string of the molecule is CC(C)(C)OC(=O)Nc1ncc(C(C)(C)CN)cn1. The number of rotatable bonds is 3. The molecule has 0 spiro atoms. The van der Waals surface area contributed by atoms with Crippen molar-refractivity contribution in [2.75, 3.05) is 11.9 Å². The lowest BCUT2D eigenvalue weighted by Gasteiger charge is -2.22. The zero-order valence-corrected chi connectivity index (χ0v) is 12.2. The van der Waals surface area contributed by atoms with E-state index in [2.05, 4.69) is 15.3 Å². The minimum atomic E-state index is -0.571. The quantitative estimate of drug-likeness (QED) is 0.874. The molecule has 1 amide bonds. The predicted octanol–water partition coefficient (Wildman–Crippen LogP) is 2.06. The third-order valence-corrected chi connectivity index (χ3v) is 2.56. The summed E-state index contributed by atoms with van der Waals surface area (Å²) in [6.07, 6.45) is 2.75. The predicted molar refractivity (Wildman–Crippen MR) is 74.0 cm³/mol. The molecule has 6 nitrogen and oxygen atoms in total. The van der Waals surface area contributed by atoms with E-state index in [9.17, 15) is 4.79 Å². The van der Waals surface area contributed by atoms with Crippen LogP contribution >= 0.6 is 0 Å². The first kappa shape index (κ1) is 15.4. The van der Waals surface area contributed by atoms with Crippen molar-refractivity contribution in [3.63, 3.8) is 0 Å². The number of hydrogen-bond donors (Lipinski definition) is 2. The van der Waals surface area contributed by atoms with Crippen molar-refractivity contribution in [3.05, 3.63) is 18.0 Å². The molecule has 0 aromatic carbocycles. The number of carbonyl (C=O) groups is 1. The van der Waals surface area contributed by atoms with Crippen LogP contribution in [0.1, 0.15) is 40.2 Å². The second kappa shape index (κ2) is 5.52. The molecule has 0 fully saturated rings. The molecule has 1 aromatic heterocycles. The van der Waals surface area contributed by atoms with Gasteiger partial charge in [-0.15, -0.1) is 0 Å². The number of ether oxygens (including phenoxy) is 1. The lowest BCUT2D eigenvalue weighted by Crippen LogP contribution is -2.29. The van der Waals surface area contributed by atoms with Crippen molar-refractivity contribution in [1.29, 1.82) is 0 Å². The molecule has 6 heteroatoms. The molecule has 1 rings (SSSR count). The van der Waals surface area contributed by atoms with Gasteiger partial charge in [0.1, 0.15) is 5.60 Å². The van der Waals surface area contributed by atoms with Crippen molar-refractivity contribution < 1.29 is 9.53 Å². The summed E-state index contributed by atoms with van der Waals surface area (Å²) < 4.78 is 5.11. The molecular formula is C13H22N4O2. The van der Waals surface area contributed by atoms with Gasteiger partial charge >= 0.3 is 6.09 Å². The van der Waals surface area contributed by atoms with Gasteiger partial charge in [-0.3, -0.25) is 5.32 Å². The largest absolute Gasteiger partial charge is 0.444 e. The third-order valence-electron chi connectivity index (χ3n) is 2.56. The highest BCUT2D eigenvalue weighted by atomic mass is 16.6. The molecule has 3 N–H and O–H groups in total. The van der Waals surface area contributed by atoms with Gasteiger partial charge in [0.2, 0.25) is 5.95 Å². The van der Waals surface area contributed by atoms with Crippen molar-refractivity contribution in [3.8, 4) is 0 Å². The van der Waals surface area contributed by atoms with Gasteiger partial charge in [-0.2, -0.15) is 0 Å². The molecule has 0 saturated carbocycles. The Morgan fingerprint density at radius 3 is 2.21 bits per heavy atom. The Hall–Kier alpha value is -1.69. The number of carbonyl (C=O) groups excluding carboxylic acids is 1. The van der Waals surface area contributed by atoms with E-state index in [1.807, 2.05) is 13.8 Å². The molecule has 0 saturated heterocycles. The molecule has 0 aliphatic carbocycles. The van der Waals surface area contributed by atoms with Crippen LogP contribution < -0.4 is 11.1 Å². The summed E-state index contributed by atoms with van der Waals surface area (Å²) in [4.78, 5) is 19.7. The van der Waals surface area contributed by atoms with E-state index >= 15 is 0 Å². The Bertz CT molecular complexity index is 435. The second-order valence-electron chi connectivity index (χ2n) is 6.01. The molecule has 0 radical (unpaired) electrons. The fourth-order valence-corrected chi connectivity index (χ4v) is 1.25. The molecule has 1 heterocycles. The summed E-state index contributed by atoms with van der Waals surface area (Å²) >= 11 is 0. The van der Waals surface area contributed by atoms with Gasteiger partial charge in [0.15, 0.2) is 0 Å². The van der Waals surface area contributed by atoms with E-state index in [0.717, 1.165) is 5.56 Å². The number of aromatic nitrogens is 2. The number of nitrogens with one attached hydrogen (secondary N) is 1. The Kier molecular flexibility index (Phi) is 4.47. The summed E-state index contributed by atoms with van der Waals surface area (Å²) in [5, 5.41) is 2.48. The van der Waals surface area contributed by atoms with Crippen LogP contribution in [0.5, 0.6) is 0 Å². The smallest absolute Gasteiger partial charge is 0.414 e. The Balaban J connectivity index is 2.70. The van der Waals surface area contributed by atoms with Gasteiger partial charge < -0.3 is 10.5 Å². The number of nitrogens with zero attached hydrogens (tertiary/aromatic N) is 2. The molecule has 106 valence electrons. The fraction of sp³-hybridized carbons (Fsp3) is 0.615. The van der Waals surface area contributed by atoms with Gasteiger partial charge in [0, 0.05) is 24.4 Å². The summed E-state index contributed by atoms with van der Waals surface area (Å²) in [6, 6.07) is 0. The first-order valence-corrected chi connectivity index (χ1v) is 6.17. The van der Waals surface area contributed by atoms with E-state index in [-0.39, 0.29) is 11.4 Å². The van der Waals surface area contributed by atoms with Gasteiger partial charge in [-0.05, 0) is 26.3 Å². The van der Waals surface area contributed by atoms with E-state index < -0.39 is 11.7 Å². The maximum absolute atomic E-state index is 11.5. The number of nitrogens with two attached hydrogens (primary N) is 1. The molecule has 0 atom stereocenters. The van der Waals surface area contributed by atoms with Gasteiger partial charge in [0.25, 0.3) is 0 Å². The molecule has 19 heavy (non-hydrogen) atoms. The van der Waals surface area contributed by atoms with Crippen LogP contribution in [0.15, 0.2) is 12.4 Å². The highest BCUT2D eigenvalue weighted by molar-refractivity contribution is 5.82. The molecule has 1 aromatic rings. The number of amides is 1. The third kappa shape index (κ3) is 4.82. The van der Waals surface area contributed by atoms with E-state index in [1.54, 1.807) is 33.2 Å². The van der Waals surface area contributed by atoms with Crippen LogP contribution in [0.3, 0.4) is 0 Å². The van der Waals surface area contributed by atoms with Crippen LogP contribution in [0.25, 0.3) is 0 Å². The highest BCUT2D eigenvalue weighted by Gasteiger charge is 2.20. The standard InChI is InChI=1S/C13H22N4O2/c1-12(2,3)19-11(18)17-10-15-6-9(7-16-10)13(4,5)8-14/h6-7H,8,14H2,1-5H3,(H,15,16,17,18). The number of anilines is 1. The minimum Gasteiger partial charge on any atom is -0.444 e. The fourth-order valence-electron chi connectivity index (χ4n) is 1.25. The van der Waals surface area contributed by atoms with Crippen LogP contribution in [0, 0.1) is 0 Å². The zero-order chi connectivity index (χ0) is 14.7. The van der Waals surface area contributed by atoms with Crippen molar-refractivity contribution >= 4 is 12.0 Å². The van der Waals surface area contributed by atoms with Crippen LogP contribution in [0.2, 0.25) is 0 Å². The van der Waals surface area contributed by atoms with E-state index in [0.29, 0.717) is 6.54 Å². The summed E-state index contributed by atoms with van der Waals surface area (Å²) in [6.45, 7) is 9.88. The summed E-state index contributed by atoms with van der Waals surface area (Å²) in [5.74, 6) is 0.214. The topological polar surface area (TPSA) is 90.1 Å². The monoisotopic (exact) mass is 266 g/mol. The molecule has 0 unspecified atom stereocenters. The maximum Gasteiger partial charge on any atom is 0.414 e. The molecule has 0 bridgehead atoms. The summed E-state index contributed by atoms with van der Waals surface area (Å²) in [7, 11) is 0. The first-order valence-electron chi connectivity index (χ1n) is 6.17. The number of hydrogen-bond acceptors (Lipinski definition) is 5. The maximum atomic E-state index is 11.5. The van der Waals surface area contributed by atoms with Gasteiger partial charge in [0.05, 0.1) is 0 Å². The lowest BCUT2D eigenvalue weighted by molar-refractivity contribution is 0.0634. The van der Waals surface area contributed by atoms with Crippen LogP contribution in [0.4, 0.5) is 10.7 Å². The molecule has 0 aliphatic rings. The highest BCUT2D eigenvalue weighted by Crippen LogP contribution is 2.20.